The van der Waals surface area contributed by atoms with Gasteiger partial charge in [-0.15, -0.1) is 0 Å². The Balaban J connectivity index is 0.00000243. The van der Waals surface area contributed by atoms with Gasteiger partial charge in [0.05, 0.1) is 0 Å². The Labute approximate surface area is 192 Å². The summed E-state index contributed by atoms with van der Waals surface area (Å²) in [7, 11) is 0. The van der Waals surface area contributed by atoms with Crippen molar-refractivity contribution in [3.05, 3.63) is 75.7 Å². The van der Waals surface area contributed by atoms with Gasteiger partial charge in [-0.25, -0.2) is 0 Å². The first-order valence-corrected chi connectivity index (χ1v) is 9.02. The van der Waals surface area contributed by atoms with Crippen LogP contribution in [0.1, 0.15) is 5.56 Å². The molecule has 3 rings (SSSR count). The van der Waals surface area contributed by atoms with Crippen molar-refractivity contribution in [1.29, 1.82) is 0 Å². The molecule has 0 amide bonds. The van der Waals surface area contributed by atoms with E-state index >= 15 is 0 Å². The molecule has 1 N–H and O–H groups in total. The third kappa shape index (κ3) is 4.66. The van der Waals surface area contributed by atoms with E-state index in [1.54, 1.807) is 29.2 Å². The maximum atomic E-state index is 11.4. The van der Waals surface area contributed by atoms with Gasteiger partial charge in [-0.3, -0.25) is 4.79 Å². The van der Waals surface area contributed by atoms with Gasteiger partial charge in [0.1, 0.15) is 11.5 Å². The predicted octanol–water partition coefficient (Wildman–Crippen LogP) is 4.87. The van der Waals surface area contributed by atoms with Crippen molar-refractivity contribution in [3.63, 3.8) is 0 Å². The van der Waals surface area contributed by atoms with Gasteiger partial charge >= 0.3 is 35.5 Å². The minimum absolute atomic E-state index is 0. The average Bonchev–Trinajstić information content (AvgIpc) is 2.60. The van der Waals surface area contributed by atoms with Crippen LogP contribution in [-0.4, -0.2) is 52.2 Å². The van der Waals surface area contributed by atoms with Crippen LogP contribution in [0.3, 0.4) is 0 Å². The molecular weight excluding hydrogens is 445 g/mol. The van der Waals surface area contributed by atoms with E-state index < -0.39 is 5.97 Å². The maximum absolute atomic E-state index is 11.4. The molecule has 26 heavy (non-hydrogen) atoms. The topological polar surface area (TPSA) is 40.5 Å². The third-order valence-electron chi connectivity index (χ3n) is 3.78. The van der Waals surface area contributed by atoms with Gasteiger partial charge in [-0.2, -0.15) is 0 Å². The zero-order chi connectivity index (χ0) is 18.0. The van der Waals surface area contributed by atoms with E-state index in [4.69, 9.17) is 23.8 Å². The van der Waals surface area contributed by atoms with E-state index in [1.807, 2.05) is 36.4 Å². The van der Waals surface area contributed by atoms with Gasteiger partial charge < -0.3 is 10.0 Å². The number of aliphatic carboxylic acids is 1. The average molecular weight is 459 g/mol. The Hall–Kier alpha value is -0.950. The number of nitrogens with zero attached hydrogens (tertiary/aromatic N) is 1. The van der Waals surface area contributed by atoms with E-state index in [2.05, 4.69) is 15.9 Å². The fourth-order valence-corrected chi connectivity index (χ4v) is 3.61. The molecule has 0 spiro atoms. The molecule has 3 aromatic rings. The van der Waals surface area contributed by atoms with Gasteiger partial charge in [-0.1, -0.05) is 70.1 Å². The predicted molar refractivity (Wildman–Crippen MR) is 117 cm³/mol. The molecule has 128 valence electrons. The second-order valence-electron chi connectivity index (χ2n) is 5.40. The van der Waals surface area contributed by atoms with Gasteiger partial charge in [0, 0.05) is 20.7 Å². The van der Waals surface area contributed by atoms with Gasteiger partial charge in [0.25, 0.3) is 0 Å². The Morgan fingerprint density at radius 3 is 2.31 bits per heavy atom. The number of rotatable bonds is 4. The van der Waals surface area contributed by atoms with Crippen molar-refractivity contribution in [3.8, 4) is 0 Å². The van der Waals surface area contributed by atoms with E-state index in [-0.39, 0.29) is 36.1 Å². The number of hydrogen-bond donors (Lipinski definition) is 1. The molecule has 0 radical (unpaired) electrons. The summed E-state index contributed by atoms with van der Waals surface area (Å²) in [6, 6.07) is 18.6. The van der Waals surface area contributed by atoms with Gasteiger partial charge in [0.15, 0.2) is 0 Å². The summed E-state index contributed by atoms with van der Waals surface area (Å²) in [6.45, 7) is -0.231. The molecule has 0 unspecified atom stereocenters. The molecule has 0 saturated heterocycles. The molecular formula is C19H14BrClNNaO2S. The Kier molecular flexibility index (Phi) is 7.64. The molecule has 0 fully saturated rings. The Bertz CT molecular complexity index is 965. The number of halogens is 2. The summed E-state index contributed by atoms with van der Waals surface area (Å²) in [6.07, 6.45) is 0. The molecule has 3 nitrogen and oxygen atoms in total. The minimum atomic E-state index is -0.960. The Morgan fingerprint density at radius 2 is 1.65 bits per heavy atom. The molecule has 3 aromatic carbocycles. The standard InChI is InChI=1S/C19H13BrClNO2S.Na.H/c20-17-6-2-3-14-15(17)4-1-5-16(14)19(25)22(11-18(23)24)13-9-7-12(21)8-10-13;;/h1-10H,11H2,(H,23,24);;. The molecule has 0 aliphatic rings. The van der Waals surface area contributed by atoms with Crippen LogP contribution in [0.4, 0.5) is 5.69 Å². The Morgan fingerprint density at radius 1 is 1.04 bits per heavy atom. The second kappa shape index (κ2) is 9.31. The number of anilines is 1. The molecule has 7 heteroatoms. The molecule has 0 saturated carbocycles. The molecule has 0 aromatic heterocycles. The van der Waals surface area contributed by atoms with Crippen LogP contribution in [0.25, 0.3) is 10.8 Å². The summed E-state index contributed by atoms with van der Waals surface area (Å²) in [5.41, 5.74) is 1.49. The zero-order valence-electron chi connectivity index (χ0n) is 12.9. The first kappa shape index (κ1) is 21.4. The summed E-state index contributed by atoms with van der Waals surface area (Å²) in [5.74, 6) is -0.960. The third-order valence-corrected chi connectivity index (χ3v) is 5.16. The monoisotopic (exact) mass is 457 g/mol. The van der Waals surface area contributed by atoms with E-state index in [0.29, 0.717) is 15.7 Å². The van der Waals surface area contributed by atoms with Gasteiger partial charge in [0.2, 0.25) is 0 Å². The van der Waals surface area contributed by atoms with Crippen LogP contribution in [0.2, 0.25) is 5.02 Å². The van der Waals surface area contributed by atoms with Crippen molar-refractivity contribution in [2.24, 2.45) is 0 Å². The van der Waals surface area contributed by atoms with Gasteiger partial charge in [-0.05, 0) is 41.1 Å². The fourth-order valence-electron chi connectivity index (χ4n) is 2.64. The van der Waals surface area contributed by atoms with Crippen LogP contribution in [-0.2, 0) is 4.79 Å². The van der Waals surface area contributed by atoms with Crippen molar-refractivity contribution < 1.29 is 9.90 Å². The summed E-state index contributed by atoms with van der Waals surface area (Å²) in [5, 5.41) is 11.9. The summed E-state index contributed by atoms with van der Waals surface area (Å²) in [4.78, 5) is 13.4. The van der Waals surface area contributed by atoms with Crippen LogP contribution >= 0.6 is 39.7 Å². The number of carboxylic acids is 1. The number of thiocarbonyl (C=S) groups is 1. The van der Waals surface area contributed by atoms with Crippen molar-refractivity contribution >= 4 is 96.7 Å². The normalized spacial score (nSPS) is 10.2. The first-order valence-electron chi connectivity index (χ1n) is 7.44. The molecule has 0 heterocycles. The van der Waals surface area contributed by atoms with E-state index in [0.717, 1.165) is 20.8 Å². The summed E-state index contributed by atoms with van der Waals surface area (Å²) >= 11 is 15.1. The quantitative estimate of drug-likeness (QED) is 0.447. The van der Waals surface area contributed by atoms with E-state index in [1.165, 1.54) is 0 Å². The van der Waals surface area contributed by atoms with Crippen molar-refractivity contribution in [2.45, 2.75) is 0 Å². The van der Waals surface area contributed by atoms with Crippen molar-refractivity contribution in [2.75, 3.05) is 11.4 Å². The number of hydrogen-bond acceptors (Lipinski definition) is 2. The van der Waals surface area contributed by atoms with E-state index in [9.17, 15) is 9.90 Å². The van der Waals surface area contributed by atoms with Crippen LogP contribution in [0.5, 0.6) is 0 Å². The molecule has 0 aliphatic heterocycles. The van der Waals surface area contributed by atoms with Crippen LogP contribution in [0, 0.1) is 0 Å². The zero-order valence-corrected chi connectivity index (χ0v) is 16.1. The fraction of sp³-hybridized carbons (Fsp3) is 0.0526. The number of benzene rings is 3. The number of carbonyl (C=O) groups is 1. The number of fused-ring (bicyclic) bond motifs is 1. The summed E-state index contributed by atoms with van der Waals surface area (Å²) < 4.78 is 0.964. The van der Waals surface area contributed by atoms with Crippen molar-refractivity contribution in [1.82, 2.24) is 0 Å². The molecule has 0 atom stereocenters. The first-order chi connectivity index (χ1) is 12.0. The number of carboxylic acid groups (broad SMARTS) is 1. The molecule has 0 aliphatic carbocycles. The van der Waals surface area contributed by atoms with Crippen LogP contribution in [0.15, 0.2) is 65.1 Å². The molecule has 0 bridgehead atoms. The second-order valence-corrected chi connectivity index (χ2v) is 7.08. The van der Waals surface area contributed by atoms with Crippen LogP contribution < -0.4 is 4.90 Å². The SMILES string of the molecule is O=C(O)CN(C(=S)c1cccc2c(Br)cccc12)c1ccc(Cl)cc1.[NaH].